The van der Waals surface area contributed by atoms with Crippen molar-refractivity contribution in [2.75, 3.05) is 58.3 Å². The summed E-state index contributed by atoms with van der Waals surface area (Å²) in [5, 5.41) is 14.8. The predicted molar refractivity (Wildman–Crippen MR) is 192 cm³/mol. The van der Waals surface area contributed by atoms with Crippen LogP contribution in [0.3, 0.4) is 0 Å². The van der Waals surface area contributed by atoms with Gasteiger partial charge in [-0.25, -0.2) is 9.18 Å². The van der Waals surface area contributed by atoms with Crippen molar-refractivity contribution in [1.29, 1.82) is 0 Å². The first-order valence-corrected chi connectivity index (χ1v) is 18.0. The first-order chi connectivity index (χ1) is 24.4. The Morgan fingerprint density at radius 1 is 1.06 bits per heavy atom. The molecule has 0 aliphatic carbocycles. The highest BCUT2D eigenvalue weighted by atomic mass is 19.1. The van der Waals surface area contributed by atoms with Crippen LogP contribution in [-0.4, -0.2) is 125 Å². The third-order valence-corrected chi connectivity index (χ3v) is 10.2. The van der Waals surface area contributed by atoms with Gasteiger partial charge >= 0.3 is 12.1 Å². The van der Waals surface area contributed by atoms with Crippen molar-refractivity contribution >= 4 is 29.7 Å². The van der Waals surface area contributed by atoms with Crippen LogP contribution in [0.15, 0.2) is 54.4 Å². The van der Waals surface area contributed by atoms with Crippen molar-refractivity contribution in [3.05, 3.63) is 65.8 Å². The Hall–Kier alpha value is -4.23. The number of amides is 2. The van der Waals surface area contributed by atoms with Gasteiger partial charge in [0.1, 0.15) is 24.6 Å². The number of aromatic nitrogens is 2. The zero-order valence-electron chi connectivity index (χ0n) is 30.5. The Labute approximate surface area is 300 Å². The lowest BCUT2D eigenvalue weighted by Crippen LogP contribution is -2.49. The second kappa shape index (κ2) is 17.3. The van der Waals surface area contributed by atoms with Crippen molar-refractivity contribution in [3.63, 3.8) is 0 Å². The Balaban J connectivity index is 1.29. The third-order valence-electron chi connectivity index (χ3n) is 10.2. The molecule has 2 fully saturated rings. The molecule has 51 heavy (non-hydrogen) atoms. The van der Waals surface area contributed by atoms with E-state index in [0.29, 0.717) is 68.9 Å². The molecule has 3 aliphatic rings. The van der Waals surface area contributed by atoms with Crippen LogP contribution in [0, 0.1) is 17.7 Å². The summed E-state index contributed by atoms with van der Waals surface area (Å²) in [7, 11) is 4.02. The number of aliphatic hydroxyl groups excluding tert-OH is 1. The molecule has 0 radical (unpaired) electrons. The van der Waals surface area contributed by atoms with E-state index in [4.69, 9.17) is 9.47 Å². The molecule has 2 amide bonds. The largest absolute Gasteiger partial charge is 0.457 e. The number of halogens is 1. The van der Waals surface area contributed by atoms with Crippen molar-refractivity contribution < 1.29 is 33.4 Å². The van der Waals surface area contributed by atoms with Crippen LogP contribution < -0.4 is 4.90 Å². The number of hydrogen-bond acceptors (Lipinski definition) is 9. The second-order valence-corrected chi connectivity index (χ2v) is 14.5. The highest BCUT2D eigenvalue weighted by Crippen LogP contribution is 2.28. The van der Waals surface area contributed by atoms with Crippen molar-refractivity contribution in [1.82, 2.24) is 24.5 Å². The van der Waals surface area contributed by atoms with Crippen LogP contribution in [0.25, 0.3) is 6.08 Å². The first-order valence-electron chi connectivity index (χ1n) is 18.0. The summed E-state index contributed by atoms with van der Waals surface area (Å²) in [6.07, 6.45) is 8.16. The fraction of sp³-hybridized carbons (Fsp3) is 0.579. The molecule has 1 aromatic heterocycles. The zero-order chi connectivity index (χ0) is 36.7. The highest BCUT2D eigenvalue weighted by molar-refractivity contribution is 5.76. The van der Waals surface area contributed by atoms with E-state index >= 15 is 4.39 Å². The van der Waals surface area contributed by atoms with E-state index in [-0.39, 0.29) is 42.8 Å². The molecule has 12 nitrogen and oxygen atoms in total. The summed E-state index contributed by atoms with van der Waals surface area (Å²) in [5.74, 6) is -1.33. The van der Waals surface area contributed by atoms with Crippen LogP contribution in [-0.2, 0) is 25.6 Å². The number of aliphatic hydroxyl groups is 1. The van der Waals surface area contributed by atoms with Crippen molar-refractivity contribution in [2.24, 2.45) is 11.8 Å². The van der Waals surface area contributed by atoms with Gasteiger partial charge in [-0.05, 0) is 87.7 Å². The number of carbonyl (C=O) groups excluding carboxylic acids is 3. The number of ether oxygens (including phenoxy) is 2. The van der Waals surface area contributed by atoms with Gasteiger partial charge < -0.3 is 34.2 Å². The number of anilines is 1. The van der Waals surface area contributed by atoms with E-state index in [9.17, 15) is 19.5 Å². The van der Waals surface area contributed by atoms with Gasteiger partial charge in [-0.2, -0.15) is 5.10 Å². The van der Waals surface area contributed by atoms with Gasteiger partial charge in [-0.3, -0.25) is 14.3 Å². The minimum atomic E-state index is -0.897. The summed E-state index contributed by atoms with van der Waals surface area (Å²) < 4.78 is 28.6. The fourth-order valence-corrected chi connectivity index (χ4v) is 7.02. The molecule has 4 heterocycles. The van der Waals surface area contributed by atoms with Gasteiger partial charge in [0, 0.05) is 69.3 Å². The van der Waals surface area contributed by atoms with E-state index < -0.39 is 30.1 Å². The number of rotatable bonds is 7. The predicted octanol–water partition coefficient (Wildman–Crippen LogP) is 4.20. The lowest BCUT2D eigenvalue weighted by atomic mass is 9.91. The molecule has 2 saturated heterocycles. The van der Waals surface area contributed by atoms with Crippen LogP contribution in [0.5, 0.6) is 0 Å². The number of esters is 1. The van der Waals surface area contributed by atoms with Crippen LogP contribution >= 0.6 is 0 Å². The minimum Gasteiger partial charge on any atom is -0.457 e. The van der Waals surface area contributed by atoms with Gasteiger partial charge in [0.05, 0.1) is 12.5 Å². The standard InChI is InChI=1S/C38H53FN6O6/c1-26-7-9-33(46)23-36(48)51-37(27(2)8-10-34(26)50-38(49)44-14-11-31(24-44)41(4)5)28(3)19-29-20-30(39)22-32(21-29)42-15-17-43(18-16-42)35(47)25-45-13-6-12-40-45/h6,8,10,12-13,19-22,26-27,31,33-34,37,46H,7,9,11,14-18,23-25H2,1-5H3/b10-8+,28-19+/t26-,27-,31+,33+,34-,37-/m0/s1. The average Bonchev–Trinajstić information content (AvgIpc) is 3.80. The maximum absolute atomic E-state index is 15.0. The molecule has 278 valence electrons. The molecule has 0 unspecified atom stereocenters. The number of piperazine rings is 1. The van der Waals surface area contributed by atoms with Crippen molar-refractivity contribution in [2.45, 2.75) is 77.4 Å². The number of likely N-dealkylation sites (N-methyl/N-ethyl adjacent to an activating group) is 1. The summed E-state index contributed by atoms with van der Waals surface area (Å²) in [6.45, 7) is 9.30. The smallest absolute Gasteiger partial charge is 0.410 e. The Morgan fingerprint density at radius 2 is 1.82 bits per heavy atom. The lowest BCUT2D eigenvalue weighted by Gasteiger charge is -2.36. The summed E-state index contributed by atoms with van der Waals surface area (Å²) in [4.78, 5) is 46.7. The molecule has 3 aliphatic heterocycles. The molecular weight excluding hydrogens is 655 g/mol. The van der Waals surface area contributed by atoms with E-state index in [1.54, 1.807) is 32.9 Å². The van der Waals surface area contributed by atoms with E-state index in [0.717, 1.165) is 6.42 Å². The van der Waals surface area contributed by atoms with Gasteiger partial charge in [0.15, 0.2) is 0 Å². The molecular formula is C38H53FN6O6. The Bertz CT molecular complexity index is 1560. The zero-order valence-corrected chi connectivity index (χ0v) is 30.5. The number of carbonyl (C=O) groups is 3. The monoisotopic (exact) mass is 708 g/mol. The molecule has 1 N–H and O–H groups in total. The number of likely N-dealkylation sites (tertiary alicyclic amines) is 1. The maximum atomic E-state index is 15.0. The van der Waals surface area contributed by atoms with Gasteiger partial charge in [0.2, 0.25) is 5.91 Å². The average molecular weight is 709 g/mol. The molecule has 1 aromatic carbocycles. The normalized spacial score (nSPS) is 27.5. The van der Waals surface area contributed by atoms with E-state index in [2.05, 4.69) is 14.9 Å². The van der Waals surface area contributed by atoms with Gasteiger partial charge in [0.25, 0.3) is 0 Å². The fourth-order valence-electron chi connectivity index (χ4n) is 7.02. The molecule has 6 atom stereocenters. The number of cyclic esters (lactones) is 1. The summed E-state index contributed by atoms with van der Waals surface area (Å²) >= 11 is 0. The third kappa shape index (κ3) is 10.4. The molecule has 13 heteroatoms. The van der Waals surface area contributed by atoms with Crippen LogP contribution in [0.1, 0.15) is 52.0 Å². The lowest BCUT2D eigenvalue weighted by molar-refractivity contribution is -0.151. The molecule has 5 rings (SSSR count). The van der Waals surface area contributed by atoms with Gasteiger partial charge in [-0.1, -0.05) is 26.0 Å². The Kier molecular flexibility index (Phi) is 12.9. The van der Waals surface area contributed by atoms with Crippen LogP contribution in [0.4, 0.5) is 14.9 Å². The second-order valence-electron chi connectivity index (χ2n) is 14.5. The highest BCUT2D eigenvalue weighted by Gasteiger charge is 2.32. The molecule has 0 bridgehead atoms. The molecule has 2 aromatic rings. The van der Waals surface area contributed by atoms with Crippen LogP contribution in [0.2, 0.25) is 0 Å². The van der Waals surface area contributed by atoms with Crippen molar-refractivity contribution in [3.8, 4) is 0 Å². The Morgan fingerprint density at radius 3 is 2.51 bits per heavy atom. The molecule has 0 spiro atoms. The topological polar surface area (TPSA) is 121 Å². The summed E-state index contributed by atoms with van der Waals surface area (Å²) in [5.41, 5.74) is 2.01. The summed E-state index contributed by atoms with van der Waals surface area (Å²) in [6, 6.07) is 6.89. The van der Waals surface area contributed by atoms with E-state index in [1.165, 1.54) is 12.1 Å². The maximum Gasteiger partial charge on any atom is 0.410 e. The first kappa shape index (κ1) is 38.0. The van der Waals surface area contributed by atoms with Gasteiger partial charge in [-0.15, -0.1) is 0 Å². The number of nitrogens with zero attached hydrogens (tertiary/aromatic N) is 6. The quantitative estimate of drug-likeness (QED) is 0.334. The minimum absolute atomic E-state index is 0.0113. The molecule has 0 saturated carbocycles. The number of benzene rings is 1. The SMILES string of the molecule is C/C(=C\c1cc(F)cc(N2CCN(C(=O)Cn3cccn3)CC2)c1)[C@H]1OC(=O)C[C@H](O)CC[C@H](C)[C@@H](OC(=O)N2CC[C@@H](N(C)C)C2)/C=C/[C@@H]1C. The number of hydrogen-bond donors (Lipinski definition) is 1. The van der Waals surface area contributed by atoms with E-state index in [1.807, 2.05) is 59.2 Å².